The number of benzene rings is 2. The molecule has 3 aromatic rings. The van der Waals surface area contributed by atoms with E-state index in [0.29, 0.717) is 39.3 Å². The highest BCUT2D eigenvalue weighted by Gasteiger charge is 2.28. The molecule has 2 amide bonds. The minimum absolute atomic E-state index is 0.0631. The Bertz CT molecular complexity index is 1140. The van der Waals surface area contributed by atoms with E-state index >= 15 is 0 Å². The summed E-state index contributed by atoms with van der Waals surface area (Å²) in [5.74, 6) is 0.744. The fraction of sp³-hybridized carbons (Fsp3) is 0.321. The molecule has 1 fully saturated rings. The number of hydrogen-bond donors (Lipinski definition) is 1. The van der Waals surface area contributed by atoms with E-state index in [1.807, 2.05) is 65.6 Å². The lowest BCUT2D eigenvalue weighted by atomic mass is 10.2. The smallest absolute Gasteiger partial charge is 0.237 e. The molecule has 188 valence electrons. The van der Waals surface area contributed by atoms with Crippen molar-refractivity contribution in [3.05, 3.63) is 89.7 Å². The monoisotopic (exact) mass is 488 g/mol. The van der Waals surface area contributed by atoms with Crippen LogP contribution in [0, 0.1) is 0 Å². The SMILES string of the molecule is COc1ccc(CN2C[C@@H](OCc3cccnc3)CN(Cc3ccc(NC(C)=O)cc3)CC2=O)cc1. The first-order valence-corrected chi connectivity index (χ1v) is 12.0. The second-order valence-electron chi connectivity index (χ2n) is 8.96. The van der Waals surface area contributed by atoms with Crippen molar-refractivity contribution >= 4 is 17.5 Å². The number of nitrogens with one attached hydrogen (secondary N) is 1. The third-order valence-corrected chi connectivity index (χ3v) is 6.02. The van der Waals surface area contributed by atoms with E-state index in [2.05, 4.69) is 15.2 Å². The maximum Gasteiger partial charge on any atom is 0.237 e. The van der Waals surface area contributed by atoms with Crippen molar-refractivity contribution in [2.75, 3.05) is 32.1 Å². The van der Waals surface area contributed by atoms with Gasteiger partial charge in [-0.05, 0) is 47.0 Å². The summed E-state index contributed by atoms with van der Waals surface area (Å²) < 4.78 is 11.5. The van der Waals surface area contributed by atoms with Crippen molar-refractivity contribution in [2.24, 2.45) is 0 Å². The Labute approximate surface area is 211 Å². The number of ether oxygens (including phenoxy) is 2. The highest BCUT2D eigenvalue weighted by atomic mass is 16.5. The summed E-state index contributed by atoms with van der Waals surface area (Å²) in [5.41, 5.74) is 3.85. The second-order valence-corrected chi connectivity index (χ2v) is 8.96. The first-order valence-electron chi connectivity index (χ1n) is 12.0. The van der Waals surface area contributed by atoms with Gasteiger partial charge in [0.15, 0.2) is 0 Å². The van der Waals surface area contributed by atoms with Gasteiger partial charge in [0.2, 0.25) is 11.8 Å². The number of pyridine rings is 1. The Balaban J connectivity index is 1.47. The van der Waals surface area contributed by atoms with Crippen molar-refractivity contribution < 1.29 is 19.1 Å². The summed E-state index contributed by atoms with van der Waals surface area (Å²) >= 11 is 0. The first-order chi connectivity index (χ1) is 17.5. The van der Waals surface area contributed by atoms with E-state index in [4.69, 9.17) is 9.47 Å². The molecule has 2 heterocycles. The molecule has 0 unspecified atom stereocenters. The number of anilines is 1. The third kappa shape index (κ3) is 7.37. The van der Waals surface area contributed by atoms with Crippen LogP contribution < -0.4 is 10.1 Å². The number of hydrogen-bond acceptors (Lipinski definition) is 6. The molecule has 8 nitrogen and oxygen atoms in total. The standard InChI is InChI=1S/C28H32N4O4/c1-21(33)30-25-9-5-22(6-10-25)15-31-17-27(36-20-24-4-3-13-29-14-24)18-32(28(34)19-31)16-23-7-11-26(35-2)12-8-23/h3-14,27H,15-20H2,1-2H3,(H,30,33)/t27-/m0/s1. The molecule has 1 N–H and O–H groups in total. The summed E-state index contributed by atoms with van der Waals surface area (Å²) in [7, 11) is 1.64. The molecule has 0 saturated carbocycles. The molecule has 4 rings (SSSR count). The molecule has 0 bridgehead atoms. The van der Waals surface area contributed by atoms with Gasteiger partial charge in [0, 0.05) is 51.2 Å². The van der Waals surface area contributed by atoms with Crippen LogP contribution >= 0.6 is 0 Å². The third-order valence-electron chi connectivity index (χ3n) is 6.02. The van der Waals surface area contributed by atoms with E-state index < -0.39 is 0 Å². The second kappa shape index (κ2) is 12.3. The van der Waals surface area contributed by atoms with Crippen molar-refractivity contribution in [3.63, 3.8) is 0 Å². The molecule has 1 saturated heterocycles. The zero-order valence-electron chi connectivity index (χ0n) is 20.7. The van der Waals surface area contributed by atoms with Gasteiger partial charge < -0.3 is 19.7 Å². The highest BCUT2D eigenvalue weighted by Crippen LogP contribution is 2.19. The normalized spacial score (nSPS) is 16.4. The van der Waals surface area contributed by atoms with Crippen molar-refractivity contribution in [1.82, 2.24) is 14.8 Å². The zero-order chi connectivity index (χ0) is 25.3. The van der Waals surface area contributed by atoms with Gasteiger partial charge >= 0.3 is 0 Å². The van der Waals surface area contributed by atoms with Crippen LogP contribution in [0.2, 0.25) is 0 Å². The number of methoxy groups -OCH3 is 1. The maximum absolute atomic E-state index is 13.3. The topological polar surface area (TPSA) is 84.0 Å². The maximum atomic E-state index is 13.3. The molecule has 1 aliphatic rings. The minimum atomic E-state index is -0.159. The number of carbonyl (C=O) groups excluding carboxylic acids is 2. The molecule has 0 spiro atoms. The van der Waals surface area contributed by atoms with Gasteiger partial charge in [0.05, 0.1) is 26.4 Å². The number of amides is 2. The molecular weight excluding hydrogens is 456 g/mol. The Morgan fingerprint density at radius 1 is 1.00 bits per heavy atom. The van der Waals surface area contributed by atoms with Crippen LogP contribution in [0.15, 0.2) is 73.1 Å². The zero-order valence-corrected chi connectivity index (χ0v) is 20.7. The van der Waals surface area contributed by atoms with E-state index in [9.17, 15) is 9.59 Å². The molecule has 1 aliphatic heterocycles. The van der Waals surface area contributed by atoms with Crippen molar-refractivity contribution in [3.8, 4) is 5.75 Å². The predicted molar refractivity (Wildman–Crippen MR) is 137 cm³/mol. The van der Waals surface area contributed by atoms with Crippen LogP contribution in [-0.4, -0.2) is 59.4 Å². The molecule has 0 radical (unpaired) electrons. The van der Waals surface area contributed by atoms with E-state index in [-0.39, 0.29) is 17.9 Å². The van der Waals surface area contributed by atoms with Crippen molar-refractivity contribution in [2.45, 2.75) is 32.7 Å². The Hall–Kier alpha value is -3.75. The number of aromatic nitrogens is 1. The van der Waals surface area contributed by atoms with Gasteiger partial charge in [-0.2, -0.15) is 0 Å². The largest absolute Gasteiger partial charge is 0.497 e. The van der Waals surface area contributed by atoms with Gasteiger partial charge in [0.25, 0.3) is 0 Å². The van der Waals surface area contributed by atoms with Gasteiger partial charge in [-0.15, -0.1) is 0 Å². The van der Waals surface area contributed by atoms with Crippen LogP contribution in [0.5, 0.6) is 5.75 Å². The quantitative estimate of drug-likeness (QED) is 0.497. The van der Waals surface area contributed by atoms with Crippen LogP contribution in [0.25, 0.3) is 0 Å². The average molecular weight is 489 g/mol. The van der Waals surface area contributed by atoms with Crippen LogP contribution in [0.4, 0.5) is 5.69 Å². The van der Waals surface area contributed by atoms with Gasteiger partial charge in [0.1, 0.15) is 5.75 Å². The van der Waals surface area contributed by atoms with E-state index in [0.717, 1.165) is 28.1 Å². The summed E-state index contributed by atoms with van der Waals surface area (Å²) in [6.07, 6.45) is 3.38. The first kappa shape index (κ1) is 25.3. The summed E-state index contributed by atoms with van der Waals surface area (Å²) in [4.78, 5) is 32.7. The van der Waals surface area contributed by atoms with Crippen LogP contribution in [0.1, 0.15) is 23.6 Å². The summed E-state index contributed by atoms with van der Waals surface area (Å²) in [6.45, 7) is 4.46. The molecular formula is C28H32N4O4. The predicted octanol–water partition coefficient (Wildman–Crippen LogP) is 3.48. The average Bonchev–Trinajstić information content (AvgIpc) is 3.02. The number of carbonyl (C=O) groups is 2. The van der Waals surface area contributed by atoms with Crippen molar-refractivity contribution in [1.29, 1.82) is 0 Å². The number of nitrogens with zero attached hydrogens (tertiary/aromatic N) is 3. The highest BCUT2D eigenvalue weighted by molar-refractivity contribution is 5.88. The van der Waals surface area contributed by atoms with Crippen LogP contribution in [0.3, 0.4) is 0 Å². The van der Waals surface area contributed by atoms with E-state index in [1.165, 1.54) is 6.92 Å². The van der Waals surface area contributed by atoms with Gasteiger partial charge in [-0.25, -0.2) is 0 Å². The Morgan fingerprint density at radius 3 is 2.39 bits per heavy atom. The number of rotatable bonds is 9. The molecule has 8 heteroatoms. The minimum Gasteiger partial charge on any atom is -0.497 e. The Kier molecular flexibility index (Phi) is 8.65. The van der Waals surface area contributed by atoms with Gasteiger partial charge in [-0.1, -0.05) is 30.3 Å². The summed E-state index contributed by atoms with van der Waals surface area (Å²) in [5, 5.41) is 2.78. The molecule has 1 atom stereocenters. The fourth-order valence-corrected chi connectivity index (χ4v) is 4.23. The molecule has 2 aromatic carbocycles. The van der Waals surface area contributed by atoms with Crippen LogP contribution in [-0.2, 0) is 34.0 Å². The summed E-state index contributed by atoms with van der Waals surface area (Å²) in [6, 6.07) is 19.4. The molecule has 1 aromatic heterocycles. The Morgan fingerprint density at radius 2 is 1.72 bits per heavy atom. The lowest BCUT2D eigenvalue weighted by Crippen LogP contribution is -2.37. The fourth-order valence-electron chi connectivity index (χ4n) is 4.23. The molecule has 36 heavy (non-hydrogen) atoms. The van der Waals surface area contributed by atoms with Gasteiger partial charge in [-0.3, -0.25) is 19.5 Å². The lowest BCUT2D eigenvalue weighted by Gasteiger charge is -2.25. The van der Waals surface area contributed by atoms with E-state index in [1.54, 1.807) is 19.5 Å². The molecule has 0 aliphatic carbocycles. The lowest BCUT2D eigenvalue weighted by molar-refractivity contribution is -0.132.